The molecule has 7 nitrogen and oxygen atoms in total. The smallest absolute Gasteiger partial charge is 0.261 e. The molecule has 0 spiro atoms. The van der Waals surface area contributed by atoms with Crippen molar-refractivity contribution < 1.29 is 19.2 Å². The molecular weight excluding hydrogens is 450 g/mol. The number of carbonyl (C=O) groups excluding carboxylic acids is 4. The Bertz CT molecular complexity index is 1040. The van der Waals surface area contributed by atoms with Crippen LogP contribution < -0.4 is 10.6 Å². The molecule has 2 aromatic rings. The summed E-state index contributed by atoms with van der Waals surface area (Å²) in [4.78, 5) is 50.5. The molecule has 3 rings (SSSR count). The van der Waals surface area contributed by atoms with E-state index in [1.165, 1.54) is 0 Å². The predicted octanol–water partition coefficient (Wildman–Crippen LogP) is 4.06. The van der Waals surface area contributed by atoms with Crippen molar-refractivity contribution in [2.75, 3.05) is 17.2 Å². The summed E-state index contributed by atoms with van der Waals surface area (Å²) in [6.07, 6.45) is -0.0365. The molecule has 0 bridgehead atoms. The van der Waals surface area contributed by atoms with E-state index in [9.17, 15) is 19.2 Å². The van der Waals surface area contributed by atoms with E-state index in [2.05, 4.69) is 26.6 Å². The van der Waals surface area contributed by atoms with Gasteiger partial charge in [-0.1, -0.05) is 42.8 Å². The third kappa shape index (κ3) is 4.76. The molecule has 0 aromatic heterocycles. The van der Waals surface area contributed by atoms with Crippen LogP contribution >= 0.6 is 15.9 Å². The molecular formula is C22H22BrN3O4. The van der Waals surface area contributed by atoms with Crippen molar-refractivity contribution in [1.82, 2.24) is 4.90 Å². The van der Waals surface area contributed by atoms with Gasteiger partial charge in [-0.2, -0.15) is 0 Å². The van der Waals surface area contributed by atoms with Crippen molar-refractivity contribution in [3.63, 3.8) is 0 Å². The normalized spacial score (nSPS) is 13.3. The quantitative estimate of drug-likeness (QED) is 0.642. The van der Waals surface area contributed by atoms with Gasteiger partial charge in [-0.3, -0.25) is 24.1 Å². The Morgan fingerprint density at radius 3 is 2.23 bits per heavy atom. The van der Waals surface area contributed by atoms with Gasteiger partial charge < -0.3 is 10.6 Å². The zero-order chi connectivity index (χ0) is 22.1. The highest BCUT2D eigenvalue weighted by Gasteiger charge is 2.35. The zero-order valence-corrected chi connectivity index (χ0v) is 18.5. The SMILES string of the molecule is CC(C)(C)C(=O)Nc1cccc(NC(=O)CCN2C(=O)c3ccc(Br)cc3C2=O)c1. The lowest BCUT2D eigenvalue weighted by atomic mass is 9.95. The zero-order valence-electron chi connectivity index (χ0n) is 16.9. The van der Waals surface area contributed by atoms with Gasteiger partial charge in [-0.05, 0) is 36.4 Å². The average molecular weight is 472 g/mol. The van der Waals surface area contributed by atoms with Crippen molar-refractivity contribution in [3.8, 4) is 0 Å². The van der Waals surface area contributed by atoms with Gasteiger partial charge in [0.2, 0.25) is 11.8 Å². The first-order valence-corrected chi connectivity index (χ1v) is 10.2. The Labute approximate surface area is 183 Å². The fourth-order valence-electron chi connectivity index (χ4n) is 2.90. The minimum atomic E-state index is -0.540. The van der Waals surface area contributed by atoms with Crippen LogP contribution in [0.5, 0.6) is 0 Å². The second kappa shape index (κ2) is 8.39. The lowest BCUT2D eigenvalue weighted by molar-refractivity contribution is -0.123. The summed E-state index contributed by atoms with van der Waals surface area (Å²) in [7, 11) is 0. The molecule has 0 unspecified atom stereocenters. The maximum atomic E-state index is 12.5. The molecule has 156 valence electrons. The van der Waals surface area contributed by atoms with E-state index < -0.39 is 17.2 Å². The van der Waals surface area contributed by atoms with E-state index in [0.29, 0.717) is 27.0 Å². The molecule has 1 aliphatic rings. The Morgan fingerprint density at radius 1 is 0.933 bits per heavy atom. The third-order valence-corrected chi connectivity index (χ3v) is 5.07. The summed E-state index contributed by atoms with van der Waals surface area (Å²) >= 11 is 3.29. The van der Waals surface area contributed by atoms with Crippen molar-refractivity contribution in [3.05, 3.63) is 58.1 Å². The minimum Gasteiger partial charge on any atom is -0.326 e. The van der Waals surface area contributed by atoms with Crippen LogP contribution in [0.3, 0.4) is 0 Å². The topological polar surface area (TPSA) is 95.6 Å². The molecule has 1 heterocycles. The number of halogens is 1. The monoisotopic (exact) mass is 471 g/mol. The summed E-state index contributed by atoms with van der Waals surface area (Å²) < 4.78 is 0.709. The number of amides is 4. The van der Waals surface area contributed by atoms with Crippen LogP contribution in [0.4, 0.5) is 11.4 Å². The summed E-state index contributed by atoms with van der Waals surface area (Å²) in [5.41, 5.74) is 1.21. The number of fused-ring (bicyclic) bond motifs is 1. The largest absolute Gasteiger partial charge is 0.326 e. The van der Waals surface area contributed by atoms with Crippen LogP contribution in [0.25, 0.3) is 0 Å². The highest BCUT2D eigenvalue weighted by molar-refractivity contribution is 9.10. The molecule has 8 heteroatoms. The molecule has 0 radical (unpaired) electrons. The molecule has 0 fully saturated rings. The number of nitrogens with zero attached hydrogens (tertiary/aromatic N) is 1. The standard InChI is InChI=1S/C22H22BrN3O4/c1-22(2,3)21(30)25-15-6-4-5-14(12-15)24-18(27)9-10-26-19(28)16-8-7-13(23)11-17(16)20(26)29/h4-8,11-12H,9-10H2,1-3H3,(H,24,27)(H,25,30). The number of anilines is 2. The first-order valence-electron chi connectivity index (χ1n) is 9.43. The molecule has 2 aromatic carbocycles. The van der Waals surface area contributed by atoms with Crippen LogP contribution in [0, 0.1) is 5.41 Å². The van der Waals surface area contributed by atoms with Crippen LogP contribution in [0.2, 0.25) is 0 Å². The Morgan fingerprint density at radius 2 is 1.57 bits per heavy atom. The van der Waals surface area contributed by atoms with Gasteiger partial charge in [-0.25, -0.2) is 0 Å². The molecule has 0 saturated heterocycles. The molecule has 0 aliphatic carbocycles. The summed E-state index contributed by atoms with van der Waals surface area (Å²) in [6.45, 7) is 5.42. The van der Waals surface area contributed by atoms with Crippen molar-refractivity contribution in [2.45, 2.75) is 27.2 Å². The minimum absolute atomic E-state index is 0.0176. The van der Waals surface area contributed by atoms with Gasteiger partial charge in [0.15, 0.2) is 0 Å². The highest BCUT2D eigenvalue weighted by atomic mass is 79.9. The lowest BCUT2D eigenvalue weighted by Crippen LogP contribution is -2.32. The number of carbonyl (C=O) groups is 4. The van der Waals surface area contributed by atoms with Crippen LogP contribution in [-0.4, -0.2) is 35.1 Å². The maximum absolute atomic E-state index is 12.5. The van der Waals surface area contributed by atoms with E-state index in [-0.39, 0.29) is 24.8 Å². The predicted molar refractivity (Wildman–Crippen MR) is 117 cm³/mol. The van der Waals surface area contributed by atoms with Gasteiger partial charge in [-0.15, -0.1) is 0 Å². The van der Waals surface area contributed by atoms with E-state index in [4.69, 9.17) is 0 Å². The number of hydrogen-bond donors (Lipinski definition) is 2. The number of benzene rings is 2. The van der Waals surface area contributed by atoms with E-state index >= 15 is 0 Å². The van der Waals surface area contributed by atoms with Crippen molar-refractivity contribution in [2.24, 2.45) is 5.41 Å². The number of imide groups is 1. The van der Waals surface area contributed by atoms with Crippen molar-refractivity contribution >= 4 is 50.9 Å². The second-order valence-corrected chi connectivity index (χ2v) is 8.95. The van der Waals surface area contributed by atoms with Gasteiger partial charge in [0.05, 0.1) is 11.1 Å². The number of rotatable bonds is 5. The van der Waals surface area contributed by atoms with Gasteiger partial charge in [0, 0.05) is 34.2 Å². The van der Waals surface area contributed by atoms with Crippen LogP contribution in [-0.2, 0) is 9.59 Å². The average Bonchev–Trinajstić information content (AvgIpc) is 2.89. The number of hydrogen-bond acceptors (Lipinski definition) is 4. The lowest BCUT2D eigenvalue weighted by Gasteiger charge is -2.18. The second-order valence-electron chi connectivity index (χ2n) is 8.03. The van der Waals surface area contributed by atoms with Gasteiger partial charge in [0.1, 0.15) is 0 Å². The molecule has 4 amide bonds. The summed E-state index contributed by atoms with van der Waals surface area (Å²) in [5.74, 6) is -1.28. The Kier molecular flexibility index (Phi) is 6.07. The maximum Gasteiger partial charge on any atom is 0.261 e. The van der Waals surface area contributed by atoms with E-state index in [0.717, 1.165) is 4.90 Å². The first kappa shape index (κ1) is 21.7. The molecule has 0 saturated carbocycles. The fraction of sp³-hybridized carbons (Fsp3) is 0.273. The van der Waals surface area contributed by atoms with Gasteiger partial charge >= 0.3 is 0 Å². The molecule has 0 atom stereocenters. The molecule has 1 aliphatic heterocycles. The van der Waals surface area contributed by atoms with Crippen LogP contribution in [0.15, 0.2) is 46.9 Å². The first-order chi connectivity index (χ1) is 14.1. The number of nitrogens with one attached hydrogen (secondary N) is 2. The summed E-state index contributed by atoms with van der Waals surface area (Å²) in [5, 5.41) is 5.54. The molecule has 30 heavy (non-hydrogen) atoms. The highest BCUT2D eigenvalue weighted by Crippen LogP contribution is 2.26. The van der Waals surface area contributed by atoms with Crippen molar-refractivity contribution in [1.29, 1.82) is 0 Å². The van der Waals surface area contributed by atoms with E-state index in [1.54, 1.807) is 42.5 Å². The Balaban J connectivity index is 1.59. The molecule has 2 N–H and O–H groups in total. The third-order valence-electron chi connectivity index (χ3n) is 4.58. The van der Waals surface area contributed by atoms with E-state index in [1.807, 2.05) is 20.8 Å². The fourth-order valence-corrected chi connectivity index (χ4v) is 3.26. The Hall–Kier alpha value is -3.00. The van der Waals surface area contributed by atoms with Gasteiger partial charge in [0.25, 0.3) is 11.8 Å². The van der Waals surface area contributed by atoms with Crippen LogP contribution in [0.1, 0.15) is 47.9 Å². The summed E-state index contributed by atoms with van der Waals surface area (Å²) in [6, 6.07) is 11.7.